The van der Waals surface area contributed by atoms with Gasteiger partial charge in [0.15, 0.2) is 0 Å². The van der Waals surface area contributed by atoms with E-state index < -0.39 is 0 Å². The Hall–Kier alpha value is -1.68. The molecular formula is C16H21N3O. The maximum absolute atomic E-state index is 5.78. The van der Waals surface area contributed by atoms with Crippen LogP contribution >= 0.6 is 0 Å². The summed E-state index contributed by atoms with van der Waals surface area (Å²) in [5, 5.41) is 11.8. The molecule has 0 radical (unpaired) electrons. The average molecular weight is 271 g/mol. The molecule has 0 atom stereocenters. The topological polar surface area (TPSA) is 51.0 Å². The van der Waals surface area contributed by atoms with Gasteiger partial charge in [-0.25, -0.2) is 0 Å². The van der Waals surface area contributed by atoms with Gasteiger partial charge in [0, 0.05) is 18.0 Å². The van der Waals surface area contributed by atoms with Crippen molar-refractivity contribution in [1.82, 2.24) is 15.5 Å². The largest absolute Gasteiger partial charge is 0.421 e. The van der Waals surface area contributed by atoms with Gasteiger partial charge in [-0.2, -0.15) is 0 Å². The summed E-state index contributed by atoms with van der Waals surface area (Å²) in [6, 6.07) is 7.05. The molecule has 106 valence electrons. The minimum Gasteiger partial charge on any atom is -0.421 e. The van der Waals surface area contributed by atoms with Crippen LogP contribution in [0.15, 0.2) is 22.6 Å². The van der Waals surface area contributed by atoms with Crippen molar-refractivity contribution >= 4 is 0 Å². The summed E-state index contributed by atoms with van der Waals surface area (Å²) in [4.78, 5) is 0. The summed E-state index contributed by atoms with van der Waals surface area (Å²) in [6.07, 6.45) is 4.55. The fourth-order valence-corrected chi connectivity index (χ4v) is 2.26. The van der Waals surface area contributed by atoms with Crippen LogP contribution in [-0.2, 0) is 6.42 Å². The van der Waals surface area contributed by atoms with E-state index in [1.165, 1.54) is 24.0 Å². The van der Waals surface area contributed by atoms with Crippen molar-refractivity contribution in [2.75, 3.05) is 6.54 Å². The van der Waals surface area contributed by atoms with Crippen LogP contribution in [0.1, 0.15) is 36.3 Å². The number of hydrogen-bond acceptors (Lipinski definition) is 4. The molecule has 2 aromatic rings. The smallest absolute Gasteiger partial charge is 0.248 e. The molecule has 1 aliphatic carbocycles. The monoisotopic (exact) mass is 271 g/mol. The Labute approximate surface area is 119 Å². The molecule has 1 heterocycles. The number of nitrogens with zero attached hydrogens (tertiary/aromatic N) is 2. The Morgan fingerprint density at radius 2 is 2.10 bits per heavy atom. The molecule has 1 aliphatic rings. The van der Waals surface area contributed by atoms with Crippen LogP contribution < -0.4 is 5.32 Å². The molecule has 4 heteroatoms. The lowest BCUT2D eigenvalue weighted by Crippen LogP contribution is -2.17. The Bertz CT molecular complexity index is 587. The van der Waals surface area contributed by atoms with E-state index in [0.29, 0.717) is 5.89 Å². The van der Waals surface area contributed by atoms with Crippen LogP contribution in [-0.4, -0.2) is 22.8 Å². The highest BCUT2D eigenvalue weighted by atomic mass is 16.4. The summed E-state index contributed by atoms with van der Waals surface area (Å²) in [7, 11) is 0. The Balaban J connectivity index is 1.61. The Morgan fingerprint density at radius 1 is 1.25 bits per heavy atom. The second-order valence-corrected chi connectivity index (χ2v) is 5.65. The van der Waals surface area contributed by atoms with Gasteiger partial charge in [-0.05, 0) is 51.3 Å². The van der Waals surface area contributed by atoms with Gasteiger partial charge >= 0.3 is 0 Å². The van der Waals surface area contributed by atoms with Gasteiger partial charge < -0.3 is 9.73 Å². The fourth-order valence-electron chi connectivity index (χ4n) is 2.26. The molecule has 0 saturated heterocycles. The van der Waals surface area contributed by atoms with E-state index in [1.807, 2.05) is 0 Å². The van der Waals surface area contributed by atoms with Gasteiger partial charge in [0.1, 0.15) is 0 Å². The molecule has 0 unspecified atom stereocenters. The highest BCUT2D eigenvalue weighted by Crippen LogP contribution is 2.23. The number of nitrogens with one attached hydrogen (secondary N) is 1. The summed E-state index contributed by atoms with van der Waals surface area (Å²) in [6.45, 7) is 5.17. The average Bonchev–Trinajstić information content (AvgIpc) is 3.15. The van der Waals surface area contributed by atoms with E-state index in [2.05, 4.69) is 47.6 Å². The van der Waals surface area contributed by atoms with Gasteiger partial charge in [0.25, 0.3) is 0 Å². The van der Waals surface area contributed by atoms with E-state index in [1.54, 1.807) is 0 Å². The lowest BCUT2D eigenvalue weighted by Gasteiger charge is -2.02. The first-order chi connectivity index (χ1) is 9.72. The summed E-state index contributed by atoms with van der Waals surface area (Å²) in [5.41, 5.74) is 3.42. The van der Waals surface area contributed by atoms with Crippen LogP contribution in [0, 0.1) is 13.8 Å². The molecule has 4 nitrogen and oxygen atoms in total. The maximum Gasteiger partial charge on any atom is 0.248 e. The lowest BCUT2D eigenvalue weighted by atomic mass is 10.1. The highest BCUT2D eigenvalue weighted by molar-refractivity contribution is 5.59. The molecule has 1 N–H and O–H groups in total. The third-order valence-corrected chi connectivity index (χ3v) is 3.67. The summed E-state index contributed by atoms with van der Waals surface area (Å²) >= 11 is 0. The van der Waals surface area contributed by atoms with Crippen molar-refractivity contribution in [2.24, 2.45) is 0 Å². The van der Waals surface area contributed by atoms with Crippen LogP contribution in [0.3, 0.4) is 0 Å². The molecular weight excluding hydrogens is 250 g/mol. The molecule has 0 amide bonds. The van der Waals surface area contributed by atoms with E-state index in [4.69, 9.17) is 4.42 Å². The molecule has 0 bridgehead atoms. The Kier molecular flexibility index (Phi) is 3.83. The van der Waals surface area contributed by atoms with Crippen molar-refractivity contribution in [1.29, 1.82) is 0 Å². The zero-order valence-electron chi connectivity index (χ0n) is 12.1. The van der Waals surface area contributed by atoms with Crippen molar-refractivity contribution in [3.8, 4) is 11.5 Å². The van der Waals surface area contributed by atoms with Crippen molar-refractivity contribution < 1.29 is 4.42 Å². The molecule has 3 rings (SSSR count). The van der Waals surface area contributed by atoms with Crippen molar-refractivity contribution in [3.05, 3.63) is 35.2 Å². The number of aryl methyl sites for hydroxylation is 3. The first-order valence-corrected chi connectivity index (χ1v) is 7.36. The van der Waals surface area contributed by atoms with Crippen LogP contribution in [0.5, 0.6) is 0 Å². The summed E-state index contributed by atoms with van der Waals surface area (Å²) < 4.78 is 5.78. The highest BCUT2D eigenvalue weighted by Gasteiger charge is 2.19. The van der Waals surface area contributed by atoms with Crippen LogP contribution in [0.2, 0.25) is 0 Å². The first kappa shape index (κ1) is 13.3. The molecule has 0 spiro atoms. The number of rotatable bonds is 6. The molecule has 20 heavy (non-hydrogen) atoms. The number of hydrogen-bond donors (Lipinski definition) is 1. The zero-order chi connectivity index (χ0) is 13.9. The molecule has 1 saturated carbocycles. The minimum atomic E-state index is 0.636. The van der Waals surface area contributed by atoms with E-state index in [0.717, 1.165) is 36.9 Å². The molecule has 1 aromatic carbocycles. The van der Waals surface area contributed by atoms with E-state index in [-0.39, 0.29) is 0 Å². The van der Waals surface area contributed by atoms with Gasteiger partial charge in [-0.15, -0.1) is 10.2 Å². The van der Waals surface area contributed by atoms with Crippen molar-refractivity contribution in [2.45, 2.75) is 45.6 Å². The third kappa shape index (κ3) is 3.25. The molecule has 0 aliphatic heterocycles. The second kappa shape index (κ2) is 5.75. The lowest BCUT2D eigenvalue weighted by molar-refractivity contribution is 0.490. The quantitative estimate of drug-likeness (QED) is 0.820. The maximum atomic E-state index is 5.78. The van der Waals surface area contributed by atoms with Gasteiger partial charge in [0.2, 0.25) is 11.8 Å². The number of benzene rings is 1. The predicted octanol–water partition coefficient (Wildman–Crippen LogP) is 3.04. The Morgan fingerprint density at radius 3 is 2.90 bits per heavy atom. The zero-order valence-corrected chi connectivity index (χ0v) is 12.1. The molecule has 1 aromatic heterocycles. The molecule has 1 fully saturated rings. The SMILES string of the molecule is Cc1ccc(C)c(-c2nnc(CCCNC3CC3)o2)c1. The van der Waals surface area contributed by atoms with Gasteiger partial charge in [-0.3, -0.25) is 0 Å². The first-order valence-electron chi connectivity index (χ1n) is 7.36. The predicted molar refractivity (Wildman–Crippen MR) is 78.6 cm³/mol. The van der Waals surface area contributed by atoms with Crippen LogP contribution in [0.4, 0.5) is 0 Å². The summed E-state index contributed by atoms with van der Waals surface area (Å²) in [5.74, 6) is 1.37. The standard InChI is InChI=1S/C16H21N3O/c1-11-5-6-12(2)14(10-11)16-19-18-15(20-16)4-3-9-17-13-7-8-13/h5-6,10,13,17H,3-4,7-9H2,1-2H3. The fraction of sp³-hybridized carbons (Fsp3) is 0.500. The number of aromatic nitrogens is 2. The van der Waals surface area contributed by atoms with Gasteiger partial charge in [0.05, 0.1) is 0 Å². The minimum absolute atomic E-state index is 0.636. The van der Waals surface area contributed by atoms with Crippen LogP contribution in [0.25, 0.3) is 11.5 Å². The van der Waals surface area contributed by atoms with Gasteiger partial charge in [-0.1, -0.05) is 17.7 Å². The second-order valence-electron chi connectivity index (χ2n) is 5.65. The normalized spacial score (nSPS) is 14.7. The third-order valence-electron chi connectivity index (χ3n) is 3.67. The van der Waals surface area contributed by atoms with E-state index >= 15 is 0 Å². The van der Waals surface area contributed by atoms with E-state index in [9.17, 15) is 0 Å². The van der Waals surface area contributed by atoms with Crippen molar-refractivity contribution in [3.63, 3.8) is 0 Å².